The van der Waals surface area contributed by atoms with Gasteiger partial charge >= 0.3 is 0 Å². The SMILES string of the molecule is Cc1ccccc1OC1CC(C(c2ccccc2)c2ccccc2)=NO1. The second-order valence-electron chi connectivity index (χ2n) is 6.46. The van der Waals surface area contributed by atoms with Crippen molar-refractivity contribution in [1.82, 2.24) is 0 Å². The summed E-state index contributed by atoms with van der Waals surface area (Å²) in [6.07, 6.45) is 0.254. The Labute approximate surface area is 153 Å². The largest absolute Gasteiger partial charge is 0.452 e. The average Bonchev–Trinajstić information content (AvgIpc) is 3.14. The molecule has 1 heterocycles. The maximum absolute atomic E-state index is 6.02. The van der Waals surface area contributed by atoms with Crippen molar-refractivity contribution < 1.29 is 9.57 Å². The highest BCUT2D eigenvalue weighted by Gasteiger charge is 2.30. The van der Waals surface area contributed by atoms with E-state index in [-0.39, 0.29) is 12.2 Å². The lowest BCUT2D eigenvalue weighted by atomic mass is 9.86. The van der Waals surface area contributed by atoms with Gasteiger partial charge in [-0.25, -0.2) is 0 Å². The Bertz CT molecular complexity index is 851. The van der Waals surface area contributed by atoms with E-state index in [2.05, 4.69) is 53.7 Å². The van der Waals surface area contributed by atoms with Crippen LogP contribution in [-0.2, 0) is 4.84 Å². The summed E-state index contributed by atoms with van der Waals surface area (Å²) in [4.78, 5) is 5.61. The fourth-order valence-corrected chi connectivity index (χ4v) is 3.30. The smallest absolute Gasteiger partial charge is 0.270 e. The average molecular weight is 343 g/mol. The molecule has 0 aromatic heterocycles. The normalized spacial score (nSPS) is 16.2. The van der Waals surface area contributed by atoms with Gasteiger partial charge in [0.2, 0.25) is 0 Å². The third-order valence-corrected chi connectivity index (χ3v) is 4.61. The first-order valence-electron chi connectivity index (χ1n) is 8.86. The van der Waals surface area contributed by atoms with Crippen molar-refractivity contribution in [1.29, 1.82) is 0 Å². The molecule has 0 saturated carbocycles. The summed E-state index contributed by atoms with van der Waals surface area (Å²) in [5, 5.41) is 4.39. The summed E-state index contributed by atoms with van der Waals surface area (Å²) < 4.78 is 6.02. The van der Waals surface area contributed by atoms with Crippen molar-refractivity contribution in [2.75, 3.05) is 0 Å². The van der Waals surface area contributed by atoms with E-state index in [1.165, 1.54) is 11.1 Å². The van der Waals surface area contributed by atoms with E-state index in [4.69, 9.17) is 9.57 Å². The Morgan fingerprint density at radius 1 is 0.846 bits per heavy atom. The molecule has 0 fully saturated rings. The predicted octanol–water partition coefficient (Wildman–Crippen LogP) is 5.31. The molecule has 3 aromatic carbocycles. The van der Waals surface area contributed by atoms with Gasteiger partial charge in [0.1, 0.15) is 5.75 Å². The van der Waals surface area contributed by atoms with Crippen molar-refractivity contribution >= 4 is 5.71 Å². The van der Waals surface area contributed by atoms with Crippen LogP contribution in [0.3, 0.4) is 0 Å². The van der Waals surface area contributed by atoms with Gasteiger partial charge in [0.25, 0.3) is 6.29 Å². The van der Waals surface area contributed by atoms with Crippen molar-refractivity contribution in [3.8, 4) is 5.75 Å². The molecule has 1 unspecified atom stereocenters. The molecule has 1 atom stereocenters. The molecule has 0 aliphatic carbocycles. The first-order valence-corrected chi connectivity index (χ1v) is 8.86. The van der Waals surface area contributed by atoms with E-state index in [1.54, 1.807) is 0 Å². The summed E-state index contributed by atoms with van der Waals surface area (Å²) in [6, 6.07) is 28.8. The number of rotatable bonds is 5. The first kappa shape index (κ1) is 16.4. The number of nitrogens with zero attached hydrogens (tertiary/aromatic N) is 1. The number of ether oxygens (including phenoxy) is 1. The Balaban J connectivity index is 1.57. The van der Waals surface area contributed by atoms with E-state index >= 15 is 0 Å². The van der Waals surface area contributed by atoms with Gasteiger partial charge in [-0.3, -0.25) is 0 Å². The Kier molecular flexibility index (Phi) is 4.69. The van der Waals surface area contributed by atoms with E-state index in [0.29, 0.717) is 6.42 Å². The molecule has 4 rings (SSSR count). The summed E-state index contributed by atoms with van der Waals surface area (Å²) in [5.74, 6) is 0.910. The molecular formula is C23H21NO2. The fraction of sp³-hybridized carbons (Fsp3) is 0.174. The highest BCUT2D eigenvalue weighted by Crippen LogP contribution is 2.32. The Hall–Kier alpha value is -3.07. The summed E-state index contributed by atoms with van der Waals surface area (Å²) >= 11 is 0. The van der Waals surface area contributed by atoms with Crippen LogP contribution >= 0.6 is 0 Å². The molecule has 0 spiro atoms. The zero-order valence-corrected chi connectivity index (χ0v) is 14.7. The molecule has 0 bridgehead atoms. The first-order chi connectivity index (χ1) is 12.8. The quantitative estimate of drug-likeness (QED) is 0.629. The zero-order chi connectivity index (χ0) is 17.8. The Morgan fingerprint density at radius 2 is 1.42 bits per heavy atom. The van der Waals surface area contributed by atoms with Crippen LogP contribution in [0, 0.1) is 6.92 Å². The van der Waals surface area contributed by atoms with Crippen LogP contribution in [0.1, 0.15) is 29.0 Å². The molecule has 26 heavy (non-hydrogen) atoms. The van der Waals surface area contributed by atoms with Crippen molar-refractivity contribution in [3.05, 3.63) is 102 Å². The molecule has 0 saturated heterocycles. The van der Waals surface area contributed by atoms with Crippen LogP contribution < -0.4 is 4.74 Å². The molecule has 130 valence electrons. The van der Waals surface area contributed by atoms with Gasteiger partial charge < -0.3 is 9.57 Å². The van der Waals surface area contributed by atoms with Crippen LogP contribution in [0.5, 0.6) is 5.75 Å². The molecule has 3 aromatic rings. The van der Waals surface area contributed by atoms with Gasteiger partial charge in [-0.2, -0.15) is 0 Å². The molecular weight excluding hydrogens is 322 g/mol. The number of benzene rings is 3. The van der Waals surface area contributed by atoms with Crippen LogP contribution in [0.2, 0.25) is 0 Å². The second-order valence-corrected chi connectivity index (χ2v) is 6.46. The van der Waals surface area contributed by atoms with E-state index < -0.39 is 0 Å². The fourth-order valence-electron chi connectivity index (χ4n) is 3.30. The van der Waals surface area contributed by atoms with Crippen molar-refractivity contribution in [2.45, 2.75) is 25.6 Å². The number of oxime groups is 1. The second kappa shape index (κ2) is 7.44. The lowest BCUT2D eigenvalue weighted by Gasteiger charge is -2.18. The molecule has 1 aliphatic rings. The van der Waals surface area contributed by atoms with E-state index in [1.807, 2.05) is 43.3 Å². The number of aryl methyl sites for hydroxylation is 1. The van der Waals surface area contributed by atoms with E-state index in [0.717, 1.165) is 17.0 Å². The van der Waals surface area contributed by atoms with Gasteiger partial charge in [-0.1, -0.05) is 84.0 Å². The predicted molar refractivity (Wildman–Crippen MR) is 103 cm³/mol. The van der Waals surface area contributed by atoms with Gasteiger partial charge in [-0.15, -0.1) is 0 Å². The highest BCUT2D eigenvalue weighted by atomic mass is 16.8. The molecule has 0 radical (unpaired) electrons. The summed E-state index contributed by atoms with van der Waals surface area (Å²) in [7, 11) is 0. The van der Waals surface area contributed by atoms with Crippen molar-refractivity contribution in [3.63, 3.8) is 0 Å². The molecule has 1 aliphatic heterocycles. The molecule has 0 N–H and O–H groups in total. The standard InChI is InChI=1S/C23H21NO2/c1-17-10-8-9-15-21(17)25-22-16-20(24-26-22)23(18-11-4-2-5-12-18)19-13-6-3-7-14-19/h2-15,22-23H,16H2,1H3. The summed E-state index contributed by atoms with van der Waals surface area (Å²) in [6.45, 7) is 2.03. The molecule has 0 amide bonds. The van der Waals surface area contributed by atoms with Crippen LogP contribution in [0.15, 0.2) is 90.1 Å². The maximum Gasteiger partial charge on any atom is 0.270 e. The Morgan fingerprint density at radius 3 is 2.04 bits per heavy atom. The van der Waals surface area contributed by atoms with Gasteiger partial charge in [-0.05, 0) is 29.7 Å². The molecule has 3 heteroatoms. The lowest BCUT2D eigenvalue weighted by molar-refractivity contribution is -0.0574. The lowest BCUT2D eigenvalue weighted by Crippen LogP contribution is -2.20. The third-order valence-electron chi connectivity index (χ3n) is 4.61. The minimum atomic E-state index is -0.388. The van der Waals surface area contributed by atoms with Gasteiger partial charge in [0.05, 0.1) is 18.1 Å². The zero-order valence-electron chi connectivity index (χ0n) is 14.7. The third kappa shape index (κ3) is 3.47. The van der Waals surface area contributed by atoms with Gasteiger partial charge in [0.15, 0.2) is 0 Å². The number of para-hydroxylation sites is 1. The van der Waals surface area contributed by atoms with Crippen LogP contribution in [-0.4, -0.2) is 12.0 Å². The maximum atomic E-state index is 6.02. The highest BCUT2D eigenvalue weighted by molar-refractivity contribution is 5.94. The number of hydrogen-bond acceptors (Lipinski definition) is 3. The minimum Gasteiger partial charge on any atom is -0.452 e. The number of hydrogen-bond donors (Lipinski definition) is 0. The van der Waals surface area contributed by atoms with E-state index in [9.17, 15) is 0 Å². The summed E-state index contributed by atoms with van der Waals surface area (Å²) in [5.41, 5.74) is 4.49. The van der Waals surface area contributed by atoms with Gasteiger partial charge in [0, 0.05) is 0 Å². The minimum absolute atomic E-state index is 0.0721. The van der Waals surface area contributed by atoms with Crippen molar-refractivity contribution in [2.24, 2.45) is 5.16 Å². The van der Waals surface area contributed by atoms with Crippen LogP contribution in [0.25, 0.3) is 0 Å². The molecule has 3 nitrogen and oxygen atoms in total. The topological polar surface area (TPSA) is 30.8 Å². The van der Waals surface area contributed by atoms with Crippen LogP contribution in [0.4, 0.5) is 0 Å². The monoisotopic (exact) mass is 343 g/mol.